The number of nitrogens with zero attached hydrogens (tertiary/aromatic N) is 1. The van der Waals surface area contributed by atoms with Gasteiger partial charge in [-0.3, -0.25) is 0 Å². The molecule has 0 saturated carbocycles. The summed E-state index contributed by atoms with van der Waals surface area (Å²) in [6, 6.07) is 26.3. The van der Waals surface area contributed by atoms with Crippen LogP contribution < -0.4 is 21.5 Å². The van der Waals surface area contributed by atoms with Crippen molar-refractivity contribution in [1.29, 1.82) is 0 Å². The molecule has 3 aromatic rings. The molecule has 1 aromatic heterocycles. The lowest BCUT2D eigenvalue weighted by Crippen LogP contribution is -3.00. The van der Waals surface area contributed by atoms with Crippen LogP contribution in [0.2, 0.25) is 0 Å². The fourth-order valence-electron chi connectivity index (χ4n) is 3.55. The molecular weight excluding hydrogens is 350 g/mol. The van der Waals surface area contributed by atoms with E-state index in [1.54, 1.807) is 0 Å². The maximum absolute atomic E-state index is 11.6. The van der Waals surface area contributed by atoms with Crippen molar-refractivity contribution < 1.29 is 26.7 Å². The Morgan fingerprint density at radius 1 is 0.826 bits per heavy atom. The second-order valence-electron chi connectivity index (χ2n) is 5.88. The Bertz CT molecular complexity index is 791. The normalized spacial score (nSPS) is 22.2. The predicted molar refractivity (Wildman–Crippen MR) is 85.3 cm³/mol. The third-order valence-electron chi connectivity index (χ3n) is 4.55. The molecule has 0 bridgehead atoms. The lowest BCUT2D eigenvalue weighted by Gasteiger charge is -2.26. The van der Waals surface area contributed by atoms with Crippen LogP contribution >= 0.6 is 0 Å². The predicted octanol–water partition coefficient (Wildman–Crippen LogP) is 0.0114. The molecular formula is C20H18BrNO. The van der Waals surface area contributed by atoms with E-state index >= 15 is 0 Å². The van der Waals surface area contributed by atoms with Crippen molar-refractivity contribution in [2.45, 2.75) is 18.1 Å². The van der Waals surface area contributed by atoms with Crippen LogP contribution in [0, 0.1) is 0 Å². The largest absolute Gasteiger partial charge is 1.00 e. The van der Waals surface area contributed by atoms with E-state index in [0.717, 1.165) is 16.8 Å². The van der Waals surface area contributed by atoms with Crippen LogP contribution in [-0.4, -0.2) is 5.11 Å². The summed E-state index contributed by atoms with van der Waals surface area (Å²) in [4.78, 5) is 0. The minimum Gasteiger partial charge on any atom is -1.00 e. The zero-order valence-electron chi connectivity index (χ0n) is 12.6. The summed E-state index contributed by atoms with van der Waals surface area (Å²) in [5, 5.41) is 11.6. The molecule has 1 aliphatic rings. The van der Waals surface area contributed by atoms with Crippen molar-refractivity contribution in [2.24, 2.45) is 0 Å². The Morgan fingerprint density at radius 3 is 2.13 bits per heavy atom. The number of fused-ring (bicyclic) bond motifs is 1. The highest BCUT2D eigenvalue weighted by molar-refractivity contribution is 5.32. The number of rotatable bonds is 2. The van der Waals surface area contributed by atoms with E-state index in [0.29, 0.717) is 6.42 Å². The lowest BCUT2D eigenvalue weighted by molar-refractivity contribution is -0.717. The molecule has 0 fully saturated rings. The summed E-state index contributed by atoms with van der Waals surface area (Å²) in [6.07, 6.45) is 2.69. The van der Waals surface area contributed by atoms with Crippen LogP contribution in [0.25, 0.3) is 0 Å². The Hall–Kier alpha value is -1.97. The zero-order valence-corrected chi connectivity index (χ0v) is 14.2. The second kappa shape index (κ2) is 6.26. The van der Waals surface area contributed by atoms with Crippen LogP contribution in [0.15, 0.2) is 85.1 Å². The smallest absolute Gasteiger partial charge is 0.216 e. The van der Waals surface area contributed by atoms with E-state index in [1.165, 1.54) is 0 Å². The first-order valence-electron chi connectivity index (χ1n) is 7.61. The Kier molecular flexibility index (Phi) is 4.33. The minimum atomic E-state index is -0.920. The standard InChI is InChI=1S/C20H18NO.BrH/c22-20(17-11-5-2-6-12-17)15-18-13-7-8-14-21(18)19(20)16-9-3-1-4-10-16;/h1-14,19,22H,15H2;1H/q+1;/p-1. The van der Waals surface area contributed by atoms with Crippen LogP contribution in [0.3, 0.4) is 0 Å². The van der Waals surface area contributed by atoms with Gasteiger partial charge in [-0.1, -0.05) is 66.7 Å². The van der Waals surface area contributed by atoms with Gasteiger partial charge in [0.15, 0.2) is 17.5 Å². The first kappa shape index (κ1) is 15.9. The zero-order chi connectivity index (χ0) is 15.0. The molecule has 0 spiro atoms. The molecule has 2 nitrogen and oxygen atoms in total. The van der Waals surface area contributed by atoms with Crippen molar-refractivity contribution in [2.75, 3.05) is 0 Å². The van der Waals surface area contributed by atoms with Crippen LogP contribution in [-0.2, 0) is 12.0 Å². The highest BCUT2D eigenvalue weighted by Crippen LogP contribution is 2.41. The molecule has 2 heterocycles. The van der Waals surface area contributed by atoms with Gasteiger partial charge in [-0.2, -0.15) is 4.57 Å². The molecule has 0 radical (unpaired) electrons. The van der Waals surface area contributed by atoms with Crippen LogP contribution in [0.4, 0.5) is 0 Å². The maximum Gasteiger partial charge on any atom is 0.216 e. The average Bonchev–Trinajstić information content (AvgIpc) is 2.90. The van der Waals surface area contributed by atoms with Gasteiger partial charge >= 0.3 is 0 Å². The van der Waals surface area contributed by atoms with Gasteiger partial charge in [0.1, 0.15) is 0 Å². The third-order valence-corrected chi connectivity index (χ3v) is 4.55. The summed E-state index contributed by atoms with van der Waals surface area (Å²) < 4.78 is 2.20. The molecule has 0 aliphatic carbocycles. The van der Waals surface area contributed by atoms with E-state index in [9.17, 15) is 5.11 Å². The number of hydrogen-bond acceptors (Lipinski definition) is 1. The van der Waals surface area contributed by atoms with E-state index in [-0.39, 0.29) is 23.0 Å². The topological polar surface area (TPSA) is 24.1 Å². The molecule has 1 aliphatic heterocycles. The molecule has 4 rings (SSSR count). The van der Waals surface area contributed by atoms with Crippen LogP contribution in [0.5, 0.6) is 0 Å². The average molecular weight is 368 g/mol. The van der Waals surface area contributed by atoms with E-state index in [2.05, 4.69) is 29.0 Å². The fourth-order valence-corrected chi connectivity index (χ4v) is 3.55. The Labute approximate surface area is 146 Å². The fraction of sp³-hybridized carbons (Fsp3) is 0.150. The number of pyridine rings is 1. The number of benzene rings is 2. The van der Waals surface area contributed by atoms with Gasteiger partial charge in [0.05, 0.1) is 6.42 Å². The summed E-state index contributed by atoms with van der Waals surface area (Å²) >= 11 is 0. The van der Waals surface area contributed by atoms with Gasteiger partial charge in [0, 0.05) is 17.7 Å². The van der Waals surface area contributed by atoms with Crippen molar-refractivity contribution in [3.63, 3.8) is 0 Å². The first-order valence-corrected chi connectivity index (χ1v) is 7.61. The lowest BCUT2D eigenvalue weighted by atomic mass is 9.82. The highest BCUT2D eigenvalue weighted by Gasteiger charge is 2.53. The molecule has 2 aromatic carbocycles. The molecule has 2 unspecified atom stereocenters. The molecule has 2 atom stereocenters. The number of aromatic nitrogens is 1. The summed E-state index contributed by atoms with van der Waals surface area (Å²) in [7, 11) is 0. The van der Waals surface area contributed by atoms with Gasteiger partial charge in [-0.15, -0.1) is 0 Å². The van der Waals surface area contributed by atoms with Gasteiger partial charge < -0.3 is 22.1 Å². The summed E-state index contributed by atoms with van der Waals surface area (Å²) in [5.74, 6) is 0. The molecule has 0 saturated heterocycles. The third kappa shape index (κ3) is 2.60. The van der Waals surface area contributed by atoms with Gasteiger partial charge in [0.2, 0.25) is 6.04 Å². The monoisotopic (exact) mass is 367 g/mol. The number of halogens is 1. The van der Waals surface area contributed by atoms with E-state index in [4.69, 9.17) is 0 Å². The van der Waals surface area contributed by atoms with Crippen LogP contribution in [0.1, 0.15) is 22.9 Å². The second-order valence-corrected chi connectivity index (χ2v) is 5.88. The van der Waals surface area contributed by atoms with E-state index in [1.807, 2.05) is 60.7 Å². The summed E-state index contributed by atoms with van der Waals surface area (Å²) in [6.45, 7) is 0. The van der Waals surface area contributed by atoms with Crippen molar-refractivity contribution in [1.82, 2.24) is 0 Å². The quantitative estimate of drug-likeness (QED) is 0.634. The Morgan fingerprint density at radius 2 is 1.43 bits per heavy atom. The van der Waals surface area contributed by atoms with E-state index < -0.39 is 5.60 Å². The maximum atomic E-state index is 11.6. The van der Waals surface area contributed by atoms with Gasteiger partial charge in [0.25, 0.3) is 0 Å². The van der Waals surface area contributed by atoms with Crippen molar-refractivity contribution >= 4 is 0 Å². The van der Waals surface area contributed by atoms with Gasteiger partial charge in [-0.05, 0) is 5.56 Å². The summed E-state index contributed by atoms with van der Waals surface area (Å²) in [5.41, 5.74) is 2.33. The van der Waals surface area contributed by atoms with Gasteiger partial charge in [-0.25, -0.2) is 0 Å². The minimum absolute atomic E-state index is 0. The van der Waals surface area contributed by atoms with Crippen molar-refractivity contribution in [3.05, 3.63) is 102 Å². The molecule has 0 amide bonds. The molecule has 116 valence electrons. The molecule has 3 heteroatoms. The highest BCUT2D eigenvalue weighted by atomic mass is 79.9. The SMILES string of the molecule is OC1(c2ccccc2)Cc2cccc[n+]2C1c1ccccc1.[Br-]. The molecule has 1 N–H and O–H groups in total. The van der Waals surface area contributed by atoms with Crippen molar-refractivity contribution in [3.8, 4) is 0 Å². The Balaban J connectivity index is 0.00000156. The molecule has 23 heavy (non-hydrogen) atoms. The first-order chi connectivity index (χ1) is 10.8. The number of aliphatic hydroxyl groups is 1. The number of hydrogen-bond donors (Lipinski definition) is 1.